The summed E-state index contributed by atoms with van der Waals surface area (Å²) in [6.45, 7) is 8.06. The first-order chi connectivity index (χ1) is 12.3. The van der Waals surface area contributed by atoms with Gasteiger partial charge in [0.2, 0.25) is 0 Å². The first-order valence-electron chi connectivity index (χ1n) is 8.75. The van der Waals surface area contributed by atoms with Gasteiger partial charge in [0, 0.05) is 6.42 Å². The molecule has 0 amide bonds. The first-order valence-corrected chi connectivity index (χ1v) is 9.69. The van der Waals surface area contributed by atoms with E-state index in [1.165, 1.54) is 11.3 Å². The largest absolute Gasteiger partial charge is 0.525 e. The Hall–Kier alpha value is -1.63. The molecule has 6 heteroatoms. The third kappa shape index (κ3) is 4.03. The van der Waals surface area contributed by atoms with Gasteiger partial charge in [0.25, 0.3) is 0 Å². The molecule has 0 atom stereocenters. The van der Waals surface area contributed by atoms with Crippen molar-refractivity contribution >= 4 is 24.0 Å². The van der Waals surface area contributed by atoms with Crippen molar-refractivity contribution in [3.63, 3.8) is 0 Å². The lowest BCUT2D eigenvalue weighted by Gasteiger charge is -2.32. The topological polar surface area (TPSA) is 27.7 Å². The molecule has 26 heavy (non-hydrogen) atoms. The third-order valence-corrected chi connectivity index (χ3v) is 5.67. The summed E-state index contributed by atoms with van der Waals surface area (Å²) in [6, 6.07) is 11.4. The summed E-state index contributed by atoms with van der Waals surface area (Å²) in [6.07, 6.45) is 0.432. The number of rotatable bonds is 6. The second-order valence-corrected chi connectivity index (χ2v) is 8.12. The van der Waals surface area contributed by atoms with Crippen LogP contribution in [0.2, 0.25) is 0 Å². The summed E-state index contributed by atoms with van der Waals surface area (Å²) >= 11 is 1.53. The van der Waals surface area contributed by atoms with E-state index in [9.17, 15) is 0 Å². The molecule has 0 N–H and O–H groups in total. The fourth-order valence-corrected chi connectivity index (χ4v) is 3.39. The minimum Gasteiger partial charge on any atom is -0.493 e. The van der Waals surface area contributed by atoms with Gasteiger partial charge in [-0.3, -0.25) is 0 Å². The SMILES string of the molecule is CC1(C)OB(C(F)=C(CCOc2ccccc2)c2ccsc2)OC1(C)C. The summed E-state index contributed by atoms with van der Waals surface area (Å²) in [5.74, 6) is 0.771. The molecule has 3 rings (SSSR count). The molecule has 1 saturated heterocycles. The molecule has 3 nitrogen and oxygen atoms in total. The van der Waals surface area contributed by atoms with Gasteiger partial charge < -0.3 is 14.0 Å². The molecular formula is C20H24BFO3S. The molecule has 0 spiro atoms. The van der Waals surface area contributed by atoms with E-state index >= 15 is 4.39 Å². The van der Waals surface area contributed by atoms with E-state index in [-0.39, 0.29) is 5.73 Å². The van der Waals surface area contributed by atoms with Crippen molar-refractivity contribution in [2.75, 3.05) is 6.61 Å². The van der Waals surface area contributed by atoms with Gasteiger partial charge in [0.05, 0.1) is 17.8 Å². The molecule has 2 aromatic rings. The highest BCUT2D eigenvalue weighted by atomic mass is 32.1. The Morgan fingerprint density at radius 3 is 2.31 bits per heavy atom. The van der Waals surface area contributed by atoms with Crippen molar-refractivity contribution in [1.29, 1.82) is 0 Å². The van der Waals surface area contributed by atoms with Crippen LogP contribution in [0.3, 0.4) is 0 Å². The summed E-state index contributed by atoms with van der Waals surface area (Å²) in [7, 11) is -0.994. The predicted octanol–water partition coefficient (Wildman–Crippen LogP) is 5.53. The van der Waals surface area contributed by atoms with Crippen LogP contribution in [0.15, 0.2) is 52.9 Å². The molecule has 1 aliphatic rings. The lowest BCUT2D eigenvalue weighted by Crippen LogP contribution is -2.41. The number of ether oxygens (including phenoxy) is 1. The van der Waals surface area contributed by atoms with Crippen LogP contribution in [0.25, 0.3) is 5.57 Å². The van der Waals surface area contributed by atoms with E-state index in [1.807, 2.05) is 74.9 Å². The average molecular weight is 374 g/mol. The monoisotopic (exact) mass is 374 g/mol. The van der Waals surface area contributed by atoms with Crippen LogP contribution in [-0.4, -0.2) is 24.9 Å². The zero-order valence-electron chi connectivity index (χ0n) is 15.6. The summed E-state index contributed by atoms with van der Waals surface area (Å²) in [4.78, 5) is 0. The van der Waals surface area contributed by atoms with Crippen LogP contribution >= 0.6 is 11.3 Å². The lowest BCUT2D eigenvalue weighted by molar-refractivity contribution is 0.00578. The quantitative estimate of drug-likeness (QED) is 0.623. The number of hydrogen-bond acceptors (Lipinski definition) is 4. The second kappa shape index (κ2) is 7.55. The maximum Gasteiger partial charge on any atom is 0.525 e. The Balaban J connectivity index is 1.79. The first kappa shape index (κ1) is 19.1. The Kier molecular flexibility index (Phi) is 5.56. The molecule has 1 aromatic heterocycles. The van der Waals surface area contributed by atoms with Gasteiger partial charge in [0.1, 0.15) is 11.5 Å². The molecule has 0 bridgehead atoms. The van der Waals surface area contributed by atoms with Crippen LogP contribution in [0.5, 0.6) is 5.75 Å². The zero-order valence-corrected chi connectivity index (χ0v) is 16.4. The zero-order chi connectivity index (χ0) is 18.8. The number of halogens is 1. The van der Waals surface area contributed by atoms with Crippen molar-refractivity contribution in [2.24, 2.45) is 0 Å². The molecule has 0 aliphatic carbocycles. The van der Waals surface area contributed by atoms with Gasteiger partial charge in [-0.25, -0.2) is 4.39 Å². The van der Waals surface area contributed by atoms with E-state index in [1.54, 1.807) is 0 Å². The molecule has 1 fully saturated rings. The van der Waals surface area contributed by atoms with Crippen molar-refractivity contribution in [2.45, 2.75) is 45.3 Å². The summed E-state index contributed by atoms with van der Waals surface area (Å²) in [5.41, 5.74) is -0.108. The number of thiophene rings is 1. The molecule has 0 saturated carbocycles. The normalized spacial score (nSPS) is 19.3. The highest BCUT2D eigenvalue weighted by Gasteiger charge is 2.53. The fourth-order valence-electron chi connectivity index (χ4n) is 2.71. The molecule has 0 radical (unpaired) electrons. The standard InChI is InChI=1S/C20H24BFO3S/c1-19(2)20(3,4)25-21(24-19)18(22)17(15-11-13-26-14-15)10-12-23-16-8-6-5-7-9-16/h5-9,11,13-14H,10,12H2,1-4H3. The van der Waals surface area contributed by atoms with Crippen LogP contribution in [0.4, 0.5) is 4.39 Å². The van der Waals surface area contributed by atoms with Gasteiger partial charge in [-0.05, 0) is 67.8 Å². The molecule has 0 unspecified atom stereocenters. The maximum absolute atomic E-state index is 15.3. The maximum atomic E-state index is 15.3. The van der Waals surface area contributed by atoms with Gasteiger partial charge >= 0.3 is 7.12 Å². The Morgan fingerprint density at radius 2 is 1.73 bits per heavy atom. The van der Waals surface area contributed by atoms with Crippen LogP contribution in [-0.2, 0) is 9.31 Å². The van der Waals surface area contributed by atoms with Crippen molar-refractivity contribution in [3.05, 3.63) is 58.4 Å². The van der Waals surface area contributed by atoms with E-state index < -0.39 is 18.3 Å². The summed E-state index contributed by atoms with van der Waals surface area (Å²) in [5, 5.41) is 3.87. The van der Waals surface area contributed by atoms with Crippen LogP contribution in [0.1, 0.15) is 39.7 Å². The fraction of sp³-hybridized carbons (Fsp3) is 0.400. The highest BCUT2D eigenvalue weighted by Crippen LogP contribution is 2.40. The van der Waals surface area contributed by atoms with Crippen molar-refractivity contribution in [1.82, 2.24) is 0 Å². The Bertz CT molecular complexity index is 741. The Morgan fingerprint density at radius 1 is 1.08 bits per heavy atom. The molecule has 2 heterocycles. The molecule has 138 valence electrons. The molecular weight excluding hydrogens is 350 g/mol. The Labute approximate surface area is 158 Å². The van der Waals surface area contributed by atoms with Gasteiger partial charge in [0.15, 0.2) is 0 Å². The molecule has 1 aromatic carbocycles. The minimum absolute atomic E-state index is 0.376. The number of benzene rings is 1. The van der Waals surface area contributed by atoms with Gasteiger partial charge in [-0.1, -0.05) is 18.2 Å². The van der Waals surface area contributed by atoms with Gasteiger partial charge in [-0.2, -0.15) is 11.3 Å². The van der Waals surface area contributed by atoms with Crippen LogP contribution in [0, 0.1) is 0 Å². The lowest BCUT2D eigenvalue weighted by atomic mass is 9.82. The summed E-state index contributed by atoms with van der Waals surface area (Å²) < 4.78 is 32.8. The minimum atomic E-state index is -0.994. The van der Waals surface area contributed by atoms with E-state index in [0.717, 1.165) is 11.3 Å². The average Bonchev–Trinajstić information content (AvgIpc) is 3.19. The number of para-hydroxylation sites is 1. The van der Waals surface area contributed by atoms with Crippen molar-refractivity contribution < 1.29 is 18.4 Å². The molecule has 1 aliphatic heterocycles. The van der Waals surface area contributed by atoms with E-state index in [2.05, 4.69) is 0 Å². The number of hydrogen-bond donors (Lipinski definition) is 0. The predicted molar refractivity (Wildman–Crippen MR) is 105 cm³/mol. The van der Waals surface area contributed by atoms with Crippen molar-refractivity contribution in [3.8, 4) is 5.75 Å². The van der Waals surface area contributed by atoms with Gasteiger partial charge in [-0.15, -0.1) is 0 Å². The second-order valence-electron chi connectivity index (χ2n) is 7.34. The van der Waals surface area contributed by atoms with E-state index in [0.29, 0.717) is 18.6 Å². The highest BCUT2D eigenvalue weighted by molar-refractivity contribution is 7.08. The smallest absolute Gasteiger partial charge is 0.493 e. The van der Waals surface area contributed by atoms with Crippen LogP contribution < -0.4 is 4.74 Å². The third-order valence-electron chi connectivity index (χ3n) is 4.98. The van der Waals surface area contributed by atoms with E-state index in [4.69, 9.17) is 14.0 Å².